The van der Waals surface area contributed by atoms with E-state index in [2.05, 4.69) is 25.9 Å². The van der Waals surface area contributed by atoms with Gasteiger partial charge in [0.2, 0.25) is 11.8 Å². The van der Waals surface area contributed by atoms with Crippen LogP contribution in [0.1, 0.15) is 99.6 Å². The van der Waals surface area contributed by atoms with Gasteiger partial charge in [0.05, 0.1) is 11.4 Å². The van der Waals surface area contributed by atoms with Gasteiger partial charge in [0.1, 0.15) is 5.54 Å². The van der Waals surface area contributed by atoms with E-state index in [9.17, 15) is 4.79 Å². The van der Waals surface area contributed by atoms with E-state index in [1.165, 1.54) is 25.7 Å². The molecule has 0 aliphatic heterocycles. The van der Waals surface area contributed by atoms with Gasteiger partial charge in [0, 0.05) is 18.3 Å². The van der Waals surface area contributed by atoms with E-state index < -0.39 is 5.54 Å². The molecule has 0 spiro atoms. The average molecular weight is 399 g/mol. The van der Waals surface area contributed by atoms with Crippen LogP contribution in [0, 0.1) is 5.92 Å². The van der Waals surface area contributed by atoms with Gasteiger partial charge in [-0.2, -0.15) is 20.4 Å². The van der Waals surface area contributed by atoms with Crippen LogP contribution in [0.5, 0.6) is 0 Å². The van der Waals surface area contributed by atoms with Crippen LogP contribution < -0.4 is 5.32 Å². The molecule has 5 rings (SSSR count). The Labute approximate surface area is 170 Å². The van der Waals surface area contributed by atoms with Gasteiger partial charge in [-0.05, 0) is 38.5 Å². The fourth-order valence-corrected chi connectivity index (χ4v) is 5.35. The zero-order valence-corrected chi connectivity index (χ0v) is 17.0. The standard InChI is InChI=1S/C21H30N6O2/c28-18(15-9-10-16-17(13-15)25-27-24-16)23-21(11-5-1-2-6-12-21)20-22-19(29-26-20)14-7-3-4-8-14/h14-15H,1-13H2,(H,23,28)(H,24,25,27)/t15-/m0/s1. The lowest BCUT2D eigenvalue weighted by atomic mass is 9.85. The molecule has 8 heteroatoms. The largest absolute Gasteiger partial charge is 0.343 e. The molecule has 2 fully saturated rings. The zero-order chi connectivity index (χ0) is 19.7. The smallest absolute Gasteiger partial charge is 0.229 e. The number of amides is 1. The lowest BCUT2D eigenvalue weighted by Gasteiger charge is -2.33. The predicted octanol–water partition coefficient (Wildman–Crippen LogP) is 3.32. The number of aromatic nitrogens is 5. The van der Waals surface area contributed by atoms with Crippen LogP contribution in [0.25, 0.3) is 0 Å². The van der Waals surface area contributed by atoms with Crippen molar-refractivity contribution in [3.63, 3.8) is 0 Å². The lowest BCUT2D eigenvalue weighted by Crippen LogP contribution is -2.49. The van der Waals surface area contributed by atoms with Crippen LogP contribution in [0.15, 0.2) is 4.52 Å². The first-order valence-corrected chi connectivity index (χ1v) is 11.3. The number of nitrogens with one attached hydrogen (secondary N) is 2. The van der Waals surface area contributed by atoms with Crippen LogP contribution in [-0.2, 0) is 23.2 Å². The highest BCUT2D eigenvalue weighted by Crippen LogP contribution is 2.38. The highest BCUT2D eigenvalue weighted by molar-refractivity contribution is 5.80. The van der Waals surface area contributed by atoms with Crippen LogP contribution in [0.2, 0.25) is 0 Å². The minimum Gasteiger partial charge on any atom is -0.343 e. The second-order valence-electron chi connectivity index (χ2n) is 9.08. The quantitative estimate of drug-likeness (QED) is 0.765. The molecule has 3 aliphatic carbocycles. The van der Waals surface area contributed by atoms with Gasteiger partial charge in [0.25, 0.3) is 0 Å². The van der Waals surface area contributed by atoms with Gasteiger partial charge < -0.3 is 9.84 Å². The van der Waals surface area contributed by atoms with Crippen LogP contribution >= 0.6 is 0 Å². The van der Waals surface area contributed by atoms with E-state index in [1.54, 1.807) is 0 Å². The van der Waals surface area contributed by atoms with E-state index in [4.69, 9.17) is 9.51 Å². The van der Waals surface area contributed by atoms with E-state index in [0.717, 1.165) is 68.6 Å². The Kier molecular flexibility index (Phi) is 5.09. The zero-order valence-electron chi connectivity index (χ0n) is 17.0. The summed E-state index contributed by atoms with van der Waals surface area (Å²) in [6, 6.07) is 0. The van der Waals surface area contributed by atoms with Crippen molar-refractivity contribution in [1.82, 2.24) is 30.9 Å². The van der Waals surface area contributed by atoms with Crippen molar-refractivity contribution in [2.24, 2.45) is 5.92 Å². The number of aromatic amines is 1. The monoisotopic (exact) mass is 398 g/mol. The molecule has 0 radical (unpaired) electrons. The first-order valence-electron chi connectivity index (χ1n) is 11.3. The highest BCUT2D eigenvalue weighted by atomic mass is 16.5. The summed E-state index contributed by atoms with van der Waals surface area (Å²) in [6.07, 6.45) is 13.3. The van der Waals surface area contributed by atoms with Gasteiger partial charge in [-0.15, -0.1) is 0 Å². The predicted molar refractivity (Wildman–Crippen MR) is 105 cm³/mol. The minimum absolute atomic E-state index is 0.0751. The summed E-state index contributed by atoms with van der Waals surface area (Å²) in [7, 11) is 0. The molecule has 2 N–H and O–H groups in total. The average Bonchev–Trinajstić information content (AvgIpc) is 3.48. The number of hydrogen-bond acceptors (Lipinski definition) is 6. The Bertz CT molecular complexity index is 845. The Balaban J connectivity index is 1.37. The number of aryl methyl sites for hydroxylation is 1. The molecular formula is C21H30N6O2. The van der Waals surface area contributed by atoms with Crippen molar-refractivity contribution in [3.8, 4) is 0 Å². The lowest BCUT2D eigenvalue weighted by molar-refractivity contribution is -0.127. The summed E-state index contributed by atoms with van der Waals surface area (Å²) in [6.45, 7) is 0. The minimum atomic E-state index is -0.502. The molecule has 8 nitrogen and oxygen atoms in total. The number of carbonyl (C=O) groups is 1. The topological polar surface area (TPSA) is 110 Å². The SMILES string of the molecule is O=C(NC1(c2noc(C3CCCC3)n2)CCCCCC1)[C@H]1CCc2n[nH]nc2C1. The molecule has 2 aromatic heterocycles. The number of H-pyrrole nitrogens is 1. The van der Waals surface area contributed by atoms with Gasteiger partial charge >= 0.3 is 0 Å². The molecule has 3 aliphatic rings. The van der Waals surface area contributed by atoms with Crippen molar-refractivity contribution < 1.29 is 9.32 Å². The third-order valence-corrected chi connectivity index (χ3v) is 7.14. The molecule has 29 heavy (non-hydrogen) atoms. The Morgan fingerprint density at radius 2 is 1.76 bits per heavy atom. The molecule has 2 heterocycles. The first kappa shape index (κ1) is 18.8. The van der Waals surface area contributed by atoms with Crippen molar-refractivity contribution in [2.75, 3.05) is 0 Å². The van der Waals surface area contributed by atoms with Gasteiger partial charge in [-0.3, -0.25) is 4.79 Å². The van der Waals surface area contributed by atoms with Crippen LogP contribution in [-0.4, -0.2) is 31.5 Å². The van der Waals surface area contributed by atoms with E-state index in [0.29, 0.717) is 18.2 Å². The molecular weight excluding hydrogens is 368 g/mol. The molecule has 1 amide bonds. The molecule has 2 saturated carbocycles. The van der Waals surface area contributed by atoms with Crippen LogP contribution in [0.3, 0.4) is 0 Å². The molecule has 1 atom stereocenters. The van der Waals surface area contributed by atoms with Gasteiger partial charge in [-0.25, -0.2) is 0 Å². The maximum atomic E-state index is 13.3. The molecule has 0 bridgehead atoms. The molecule has 0 unspecified atom stereocenters. The summed E-state index contributed by atoms with van der Waals surface area (Å²) in [5.74, 6) is 1.85. The summed E-state index contributed by atoms with van der Waals surface area (Å²) >= 11 is 0. The van der Waals surface area contributed by atoms with Gasteiger partial charge in [-0.1, -0.05) is 43.7 Å². The van der Waals surface area contributed by atoms with E-state index in [-0.39, 0.29) is 11.8 Å². The Hall–Kier alpha value is -2.25. The van der Waals surface area contributed by atoms with Crippen molar-refractivity contribution in [3.05, 3.63) is 23.1 Å². The molecule has 156 valence electrons. The molecule has 0 aromatic carbocycles. The number of hydrogen-bond donors (Lipinski definition) is 2. The first-order chi connectivity index (χ1) is 14.2. The highest BCUT2D eigenvalue weighted by Gasteiger charge is 2.41. The third-order valence-electron chi connectivity index (χ3n) is 7.14. The summed E-state index contributed by atoms with van der Waals surface area (Å²) in [4.78, 5) is 18.1. The Morgan fingerprint density at radius 3 is 2.55 bits per heavy atom. The number of carbonyl (C=O) groups excluding carboxylic acids is 1. The third kappa shape index (κ3) is 3.69. The van der Waals surface area contributed by atoms with Crippen molar-refractivity contribution >= 4 is 5.91 Å². The summed E-state index contributed by atoms with van der Waals surface area (Å²) < 4.78 is 5.70. The van der Waals surface area contributed by atoms with Gasteiger partial charge in [0.15, 0.2) is 5.82 Å². The second-order valence-corrected chi connectivity index (χ2v) is 9.08. The molecule has 2 aromatic rings. The molecule has 0 saturated heterocycles. The second kappa shape index (κ2) is 7.88. The number of rotatable bonds is 4. The van der Waals surface area contributed by atoms with Crippen molar-refractivity contribution in [1.29, 1.82) is 0 Å². The van der Waals surface area contributed by atoms with E-state index in [1.807, 2.05) is 0 Å². The normalized spacial score (nSPS) is 24.8. The van der Waals surface area contributed by atoms with E-state index >= 15 is 0 Å². The fraction of sp³-hybridized carbons (Fsp3) is 0.762. The number of nitrogens with zero attached hydrogens (tertiary/aromatic N) is 4. The van der Waals surface area contributed by atoms with Crippen LogP contribution in [0.4, 0.5) is 0 Å². The number of fused-ring (bicyclic) bond motifs is 1. The summed E-state index contributed by atoms with van der Waals surface area (Å²) in [5.41, 5.74) is 1.42. The Morgan fingerprint density at radius 1 is 1.00 bits per heavy atom. The van der Waals surface area contributed by atoms with Crippen molar-refractivity contribution in [2.45, 2.75) is 94.9 Å². The summed E-state index contributed by atoms with van der Waals surface area (Å²) in [5, 5.41) is 18.9. The maximum Gasteiger partial charge on any atom is 0.229 e. The fourth-order valence-electron chi connectivity index (χ4n) is 5.35. The maximum absolute atomic E-state index is 13.3.